The minimum atomic E-state index is -0.0907. The second-order valence-electron chi connectivity index (χ2n) is 5.51. The van der Waals surface area contributed by atoms with E-state index in [1.54, 1.807) is 6.08 Å². The molecule has 0 saturated heterocycles. The van der Waals surface area contributed by atoms with Crippen LogP contribution in [0.15, 0.2) is 54.6 Å². The first kappa shape index (κ1) is 16.7. The maximum Gasteiger partial charge on any atom is 0.244 e. The van der Waals surface area contributed by atoms with Crippen molar-refractivity contribution in [3.63, 3.8) is 0 Å². The topological polar surface area (TPSA) is 46.9 Å². The number of aromatic nitrogens is 2. The number of rotatable bonds is 6. The molecule has 0 bridgehead atoms. The van der Waals surface area contributed by atoms with Crippen LogP contribution in [0.4, 0.5) is 0 Å². The number of benzene rings is 1. The van der Waals surface area contributed by atoms with Crippen LogP contribution in [0.3, 0.4) is 0 Å². The van der Waals surface area contributed by atoms with E-state index in [4.69, 9.17) is 0 Å². The molecule has 0 radical (unpaired) electrons. The van der Waals surface area contributed by atoms with E-state index in [0.29, 0.717) is 6.54 Å². The molecule has 0 saturated carbocycles. The lowest BCUT2D eigenvalue weighted by molar-refractivity contribution is -0.116. The summed E-state index contributed by atoms with van der Waals surface area (Å²) < 4.78 is 1.99. The number of aryl methyl sites for hydroxylation is 2. The number of allylic oxidation sites excluding steroid dienone is 3. The van der Waals surface area contributed by atoms with E-state index >= 15 is 0 Å². The third-order valence-electron chi connectivity index (χ3n) is 3.44. The summed E-state index contributed by atoms with van der Waals surface area (Å²) in [5.74, 6) is -0.0907. The molecule has 1 aromatic heterocycles. The summed E-state index contributed by atoms with van der Waals surface area (Å²) >= 11 is 0. The summed E-state index contributed by atoms with van der Waals surface area (Å²) in [6, 6.07) is 10.3. The summed E-state index contributed by atoms with van der Waals surface area (Å²) in [5, 5.41) is 7.36. The van der Waals surface area contributed by atoms with Crippen molar-refractivity contribution in [1.29, 1.82) is 0 Å². The number of hydrogen-bond donors (Lipinski definition) is 1. The van der Waals surface area contributed by atoms with Crippen molar-refractivity contribution in [2.75, 3.05) is 0 Å². The minimum Gasteiger partial charge on any atom is -0.348 e. The van der Waals surface area contributed by atoms with E-state index in [0.717, 1.165) is 23.5 Å². The fraction of sp³-hybridized carbons (Fsp3) is 0.263. The Bertz CT molecular complexity index is 726. The van der Waals surface area contributed by atoms with Crippen LogP contribution in [0, 0.1) is 13.8 Å². The van der Waals surface area contributed by atoms with Gasteiger partial charge >= 0.3 is 0 Å². The Balaban J connectivity index is 1.97. The third kappa shape index (κ3) is 5.25. The highest BCUT2D eigenvalue weighted by atomic mass is 16.1. The molecule has 2 aromatic rings. The second kappa shape index (κ2) is 8.13. The highest BCUT2D eigenvalue weighted by Gasteiger charge is 2.03. The Labute approximate surface area is 137 Å². The highest BCUT2D eigenvalue weighted by Crippen LogP contribution is 2.10. The molecular formula is C19H23N3O. The molecule has 23 heavy (non-hydrogen) atoms. The van der Waals surface area contributed by atoms with Crippen molar-refractivity contribution in [3.05, 3.63) is 77.2 Å². The van der Waals surface area contributed by atoms with Crippen LogP contribution in [0.5, 0.6) is 0 Å². The first-order valence-electron chi connectivity index (χ1n) is 7.74. The normalized spacial score (nSPS) is 11.4. The van der Waals surface area contributed by atoms with Gasteiger partial charge in [-0.3, -0.25) is 9.48 Å². The van der Waals surface area contributed by atoms with Gasteiger partial charge in [-0.15, -0.1) is 0 Å². The fourth-order valence-electron chi connectivity index (χ4n) is 2.35. The van der Waals surface area contributed by atoms with E-state index in [1.165, 1.54) is 11.6 Å². The predicted octanol–water partition coefficient (Wildman–Crippen LogP) is 3.30. The van der Waals surface area contributed by atoms with E-state index in [1.807, 2.05) is 42.8 Å². The van der Waals surface area contributed by atoms with E-state index in [2.05, 4.69) is 35.5 Å². The summed E-state index contributed by atoms with van der Waals surface area (Å²) in [7, 11) is 0. The zero-order valence-corrected chi connectivity index (χ0v) is 13.9. The second-order valence-corrected chi connectivity index (χ2v) is 5.51. The maximum atomic E-state index is 11.7. The molecule has 0 aliphatic heterocycles. The van der Waals surface area contributed by atoms with Crippen LogP contribution < -0.4 is 5.32 Å². The van der Waals surface area contributed by atoms with Crippen LogP contribution in [0.1, 0.15) is 29.4 Å². The van der Waals surface area contributed by atoms with Gasteiger partial charge in [-0.1, -0.05) is 42.5 Å². The smallest absolute Gasteiger partial charge is 0.244 e. The molecule has 1 N–H and O–H groups in total. The molecule has 4 heteroatoms. The van der Waals surface area contributed by atoms with Gasteiger partial charge in [0.1, 0.15) is 0 Å². The molecule has 0 spiro atoms. The number of carbonyl (C=O) groups excluding carboxylic acids is 1. The van der Waals surface area contributed by atoms with Crippen molar-refractivity contribution in [2.24, 2.45) is 0 Å². The molecular weight excluding hydrogens is 286 g/mol. The van der Waals surface area contributed by atoms with Gasteiger partial charge in [0.2, 0.25) is 5.91 Å². The van der Waals surface area contributed by atoms with Crippen molar-refractivity contribution < 1.29 is 4.79 Å². The molecule has 1 amide bonds. The van der Waals surface area contributed by atoms with Gasteiger partial charge in [0.05, 0.1) is 12.2 Å². The van der Waals surface area contributed by atoms with Gasteiger partial charge < -0.3 is 5.32 Å². The molecule has 2 rings (SSSR count). The minimum absolute atomic E-state index is 0.0907. The van der Waals surface area contributed by atoms with Gasteiger partial charge in [0.25, 0.3) is 0 Å². The molecule has 0 fully saturated rings. The van der Waals surface area contributed by atoms with E-state index in [9.17, 15) is 4.79 Å². The monoisotopic (exact) mass is 309 g/mol. The van der Waals surface area contributed by atoms with Crippen LogP contribution in [0.2, 0.25) is 0 Å². The molecule has 0 aliphatic rings. The van der Waals surface area contributed by atoms with E-state index in [-0.39, 0.29) is 5.91 Å². The van der Waals surface area contributed by atoms with Crippen LogP contribution in [-0.4, -0.2) is 15.7 Å². The lowest BCUT2D eigenvalue weighted by atomic mass is 10.1. The number of nitrogens with one attached hydrogen (secondary N) is 1. The fourth-order valence-corrected chi connectivity index (χ4v) is 2.35. The van der Waals surface area contributed by atoms with Crippen molar-refractivity contribution >= 4 is 5.91 Å². The molecule has 1 heterocycles. The Morgan fingerprint density at radius 3 is 2.70 bits per heavy atom. The number of carbonyl (C=O) groups is 1. The lowest BCUT2D eigenvalue weighted by Gasteiger charge is -2.08. The zero-order chi connectivity index (χ0) is 16.7. The SMILES string of the molecule is CC=CC=CC(=O)NCc1cccc(Cn2nc(C)cc2C)c1. The molecule has 0 atom stereocenters. The Hall–Kier alpha value is -2.62. The van der Waals surface area contributed by atoms with Crippen molar-refractivity contribution in [3.8, 4) is 0 Å². The standard InChI is InChI=1S/C19H23N3O/c1-4-5-6-10-19(23)20-13-17-8-7-9-18(12-17)14-22-16(3)11-15(2)21-22/h4-12H,13-14H2,1-3H3,(H,20,23). The van der Waals surface area contributed by atoms with Crippen molar-refractivity contribution in [2.45, 2.75) is 33.9 Å². The number of hydrogen-bond acceptors (Lipinski definition) is 2. The molecule has 1 aromatic carbocycles. The predicted molar refractivity (Wildman–Crippen MR) is 93.0 cm³/mol. The van der Waals surface area contributed by atoms with Gasteiger partial charge in [-0.2, -0.15) is 5.10 Å². The summed E-state index contributed by atoms with van der Waals surface area (Å²) in [6.45, 7) is 7.22. The van der Waals surface area contributed by atoms with Gasteiger partial charge in [0.15, 0.2) is 0 Å². The average Bonchev–Trinajstić information content (AvgIpc) is 2.83. The third-order valence-corrected chi connectivity index (χ3v) is 3.44. The van der Waals surface area contributed by atoms with E-state index < -0.39 is 0 Å². The maximum absolute atomic E-state index is 11.7. The Morgan fingerprint density at radius 1 is 1.22 bits per heavy atom. The molecule has 0 unspecified atom stereocenters. The van der Waals surface area contributed by atoms with Gasteiger partial charge in [0, 0.05) is 18.3 Å². The highest BCUT2D eigenvalue weighted by molar-refractivity contribution is 5.87. The largest absolute Gasteiger partial charge is 0.348 e. The summed E-state index contributed by atoms with van der Waals surface area (Å²) in [5.41, 5.74) is 4.43. The molecule has 120 valence electrons. The van der Waals surface area contributed by atoms with Gasteiger partial charge in [-0.25, -0.2) is 0 Å². The molecule has 0 aliphatic carbocycles. The number of amides is 1. The van der Waals surface area contributed by atoms with Crippen molar-refractivity contribution in [1.82, 2.24) is 15.1 Å². The quantitative estimate of drug-likeness (QED) is 0.657. The molecule has 4 nitrogen and oxygen atoms in total. The lowest BCUT2D eigenvalue weighted by Crippen LogP contribution is -2.20. The zero-order valence-electron chi connectivity index (χ0n) is 13.9. The first-order chi connectivity index (χ1) is 11.1. The van der Waals surface area contributed by atoms with Crippen LogP contribution in [0.25, 0.3) is 0 Å². The van der Waals surface area contributed by atoms with Gasteiger partial charge in [-0.05, 0) is 38.0 Å². The Kier molecular flexibility index (Phi) is 5.92. The van der Waals surface area contributed by atoms with Crippen LogP contribution >= 0.6 is 0 Å². The summed E-state index contributed by atoms with van der Waals surface area (Å²) in [6.07, 6.45) is 6.97. The number of nitrogens with zero attached hydrogens (tertiary/aromatic N) is 2. The van der Waals surface area contributed by atoms with Crippen LogP contribution in [-0.2, 0) is 17.9 Å². The average molecular weight is 309 g/mol. The first-order valence-corrected chi connectivity index (χ1v) is 7.74. The Morgan fingerprint density at radius 2 is 2.00 bits per heavy atom. The summed E-state index contributed by atoms with van der Waals surface area (Å²) in [4.78, 5) is 11.7.